The van der Waals surface area contributed by atoms with Crippen LogP contribution in [0.25, 0.3) is 10.2 Å². The summed E-state index contributed by atoms with van der Waals surface area (Å²) in [5, 5.41) is 22.7. The zero-order valence-corrected chi connectivity index (χ0v) is 15.9. The Labute approximate surface area is 172 Å². The van der Waals surface area contributed by atoms with Crippen LogP contribution in [0.2, 0.25) is 0 Å². The fourth-order valence-electron chi connectivity index (χ4n) is 2.85. The van der Waals surface area contributed by atoms with Crippen molar-refractivity contribution in [3.63, 3.8) is 0 Å². The number of aromatic nitrogens is 1. The number of rotatable bonds is 6. The number of carbonyl (C=O) groups is 1. The first-order chi connectivity index (χ1) is 14.4. The van der Waals surface area contributed by atoms with E-state index in [0.29, 0.717) is 16.4 Å². The predicted octanol–water partition coefficient (Wildman–Crippen LogP) is 4.55. The molecule has 11 heteroatoms. The van der Waals surface area contributed by atoms with Crippen molar-refractivity contribution in [1.29, 1.82) is 0 Å². The number of nitro benzene ring substituents is 2. The van der Waals surface area contributed by atoms with Crippen LogP contribution in [0.3, 0.4) is 0 Å². The molecule has 0 aliphatic heterocycles. The molecular formula is C19H12N4O6S. The molecule has 4 rings (SSSR count). The highest BCUT2D eigenvalue weighted by Gasteiger charge is 2.27. The normalized spacial score (nSPS) is 10.8. The van der Waals surface area contributed by atoms with Crippen molar-refractivity contribution >= 4 is 44.0 Å². The molecule has 30 heavy (non-hydrogen) atoms. The summed E-state index contributed by atoms with van der Waals surface area (Å²) in [5.74, 6) is -0.209. The molecule has 0 aliphatic rings. The van der Waals surface area contributed by atoms with Gasteiger partial charge in [0.1, 0.15) is 5.76 Å². The Morgan fingerprint density at radius 1 is 1.03 bits per heavy atom. The molecule has 0 bridgehead atoms. The van der Waals surface area contributed by atoms with Gasteiger partial charge in [-0.25, -0.2) is 4.98 Å². The number of carbonyl (C=O) groups excluding carboxylic acids is 1. The first kappa shape index (κ1) is 19.2. The lowest BCUT2D eigenvalue weighted by Gasteiger charge is -2.18. The second-order valence-corrected chi connectivity index (χ2v) is 7.20. The Morgan fingerprint density at radius 2 is 1.73 bits per heavy atom. The topological polar surface area (TPSA) is 133 Å². The number of nitrogens with zero attached hydrogens (tertiary/aromatic N) is 4. The van der Waals surface area contributed by atoms with Crippen molar-refractivity contribution in [3.8, 4) is 0 Å². The third-order valence-electron chi connectivity index (χ3n) is 4.22. The number of nitro groups is 2. The van der Waals surface area contributed by atoms with Gasteiger partial charge in [0, 0.05) is 12.1 Å². The van der Waals surface area contributed by atoms with Crippen LogP contribution in [0.15, 0.2) is 65.3 Å². The van der Waals surface area contributed by atoms with E-state index in [-0.39, 0.29) is 12.1 Å². The van der Waals surface area contributed by atoms with E-state index in [2.05, 4.69) is 4.98 Å². The van der Waals surface area contributed by atoms with Crippen LogP contribution in [0.5, 0.6) is 0 Å². The van der Waals surface area contributed by atoms with Gasteiger partial charge in [-0.3, -0.25) is 29.9 Å². The maximum absolute atomic E-state index is 13.3. The fourth-order valence-corrected chi connectivity index (χ4v) is 3.81. The highest BCUT2D eigenvalue weighted by Crippen LogP contribution is 2.32. The lowest BCUT2D eigenvalue weighted by atomic mass is 10.1. The second kappa shape index (κ2) is 7.72. The molecule has 2 aromatic carbocycles. The predicted molar refractivity (Wildman–Crippen MR) is 109 cm³/mol. The van der Waals surface area contributed by atoms with E-state index in [1.807, 2.05) is 18.2 Å². The summed E-state index contributed by atoms with van der Waals surface area (Å²) >= 11 is 1.26. The summed E-state index contributed by atoms with van der Waals surface area (Å²) in [6.45, 7) is 0.00213. The minimum absolute atomic E-state index is 0.00213. The third kappa shape index (κ3) is 3.73. The fraction of sp³-hybridized carbons (Fsp3) is 0.0526. The SMILES string of the molecule is O=C(c1cc([N+](=O)[O-])cc([N+](=O)[O-])c1)N(Cc1ccco1)c1nc2ccccc2s1. The smallest absolute Gasteiger partial charge is 0.277 e. The first-order valence-corrected chi connectivity index (χ1v) is 9.38. The van der Waals surface area contributed by atoms with Crippen LogP contribution < -0.4 is 4.90 Å². The van der Waals surface area contributed by atoms with E-state index in [0.717, 1.165) is 22.9 Å². The van der Waals surface area contributed by atoms with Gasteiger partial charge >= 0.3 is 0 Å². The van der Waals surface area contributed by atoms with Crippen molar-refractivity contribution in [2.45, 2.75) is 6.54 Å². The first-order valence-electron chi connectivity index (χ1n) is 8.56. The zero-order chi connectivity index (χ0) is 21.3. The van der Waals surface area contributed by atoms with Gasteiger partial charge in [0.05, 0.1) is 44.5 Å². The molecule has 0 aliphatic carbocycles. The maximum atomic E-state index is 13.3. The van der Waals surface area contributed by atoms with E-state index >= 15 is 0 Å². The lowest BCUT2D eigenvalue weighted by Crippen LogP contribution is -2.30. The van der Waals surface area contributed by atoms with Gasteiger partial charge in [-0.2, -0.15) is 0 Å². The average Bonchev–Trinajstić information content (AvgIpc) is 3.40. The molecule has 150 valence electrons. The molecule has 2 aromatic heterocycles. The number of hydrogen-bond donors (Lipinski definition) is 0. The molecule has 0 fully saturated rings. The van der Waals surface area contributed by atoms with Crippen LogP contribution in [0.1, 0.15) is 16.1 Å². The molecule has 0 saturated carbocycles. The summed E-state index contributed by atoms with van der Waals surface area (Å²) in [6, 6.07) is 13.5. The van der Waals surface area contributed by atoms with E-state index in [1.165, 1.54) is 22.5 Å². The molecule has 4 aromatic rings. The van der Waals surface area contributed by atoms with Crippen molar-refractivity contribution in [2.75, 3.05) is 4.90 Å². The number of amides is 1. The lowest BCUT2D eigenvalue weighted by molar-refractivity contribution is -0.394. The van der Waals surface area contributed by atoms with Crippen LogP contribution in [-0.2, 0) is 6.54 Å². The van der Waals surface area contributed by atoms with Crippen LogP contribution in [0, 0.1) is 20.2 Å². The average molecular weight is 424 g/mol. The molecular weight excluding hydrogens is 412 g/mol. The molecule has 0 atom stereocenters. The molecule has 1 amide bonds. The number of anilines is 1. The van der Waals surface area contributed by atoms with Crippen molar-refractivity contribution in [1.82, 2.24) is 4.98 Å². The van der Waals surface area contributed by atoms with Gasteiger partial charge in [0.2, 0.25) is 0 Å². The van der Waals surface area contributed by atoms with Gasteiger partial charge in [0.25, 0.3) is 17.3 Å². The molecule has 0 spiro atoms. The minimum Gasteiger partial charge on any atom is -0.467 e. The van der Waals surface area contributed by atoms with E-state index in [4.69, 9.17) is 4.42 Å². The Kier molecular flexibility index (Phi) is 4.94. The number of hydrogen-bond acceptors (Lipinski definition) is 8. The second-order valence-electron chi connectivity index (χ2n) is 6.19. The third-order valence-corrected chi connectivity index (χ3v) is 5.28. The Bertz CT molecular complexity index is 1200. The van der Waals surface area contributed by atoms with E-state index < -0.39 is 27.1 Å². The summed E-state index contributed by atoms with van der Waals surface area (Å²) in [4.78, 5) is 39.9. The molecule has 0 saturated heterocycles. The number of non-ortho nitro benzene ring substituents is 2. The monoisotopic (exact) mass is 424 g/mol. The van der Waals surface area contributed by atoms with E-state index in [9.17, 15) is 25.0 Å². The van der Waals surface area contributed by atoms with Crippen LogP contribution in [-0.4, -0.2) is 20.7 Å². The minimum atomic E-state index is -0.779. The zero-order valence-electron chi connectivity index (χ0n) is 15.1. The van der Waals surface area contributed by atoms with Gasteiger partial charge in [-0.15, -0.1) is 0 Å². The largest absolute Gasteiger partial charge is 0.467 e. The molecule has 0 unspecified atom stereocenters. The van der Waals surface area contributed by atoms with E-state index in [1.54, 1.807) is 18.2 Å². The van der Waals surface area contributed by atoms with Crippen LogP contribution >= 0.6 is 11.3 Å². The Hall–Kier alpha value is -4.12. The maximum Gasteiger partial charge on any atom is 0.277 e. The number of benzene rings is 2. The highest BCUT2D eigenvalue weighted by molar-refractivity contribution is 7.22. The molecule has 10 nitrogen and oxygen atoms in total. The van der Waals surface area contributed by atoms with Crippen LogP contribution in [0.4, 0.5) is 16.5 Å². The van der Waals surface area contributed by atoms with Gasteiger partial charge < -0.3 is 4.42 Å². The van der Waals surface area contributed by atoms with Crippen molar-refractivity contribution in [2.24, 2.45) is 0 Å². The summed E-state index contributed by atoms with van der Waals surface area (Å²) in [5.41, 5.74) is -0.605. The number of para-hydroxylation sites is 1. The number of furan rings is 1. The van der Waals surface area contributed by atoms with Gasteiger partial charge in [-0.05, 0) is 24.3 Å². The number of thiazole rings is 1. The molecule has 0 N–H and O–H groups in total. The highest BCUT2D eigenvalue weighted by atomic mass is 32.1. The van der Waals surface area contributed by atoms with Crippen molar-refractivity contribution < 1.29 is 19.1 Å². The summed E-state index contributed by atoms with van der Waals surface area (Å²) in [6.07, 6.45) is 1.45. The quantitative estimate of drug-likeness (QED) is 0.327. The summed E-state index contributed by atoms with van der Waals surface area (Å²) < 4.78 is 6.18. The Morgan fingerprint density at radius 3 is 2.33 bits per heavy atom. The standard InChI is InChI=1S/C19H12N4O6S/c24-18(12-8-13(22(25)26)10-14(9-12)23(27)28)21(11-15-4-3-7-29-15)19-20-16-5-1-2-6-17(16)30-19/h1-10H,11H2. The summed E-state index contributed by atoms with van der Waals surface area (Å²) in [7, 11) is 0. The van der Waals surface area contributed by atoms with Crippen molar-refractivity contribution in [3.05, 3.63) is 92.4 Å². The van der Waals surface area contributed by atoms with Gasteiger partial charge in [0.15, 0.2) is 5.13 Å². The molecule has 0 radical (unpaired) electrons. The Balaban J connectivity index is 1.81. The number of fused-ring (bicyclic) bond motifs is 1. The molecule has 2 heterocycles. The van der Waals surface area contributed by atoms with Gasteiger partial charge in [-0.1, -0.05) is 23.5 Å².